The molecule has 2 heterocycles. The van der Waals surface area contributed by atoms with Crippen LogP contribution < -0.4 is 4.18 Å². The van der Waals surface area contributed by atoms with Crippen LogP contribution in [0.15, 0.2) is 16.7 Å². The van der Waals surface area contributed by atoms with Gasteiger partial charge in [-0.2, -0.15) is 26.0 Å². The van der Waals surface area contributed by atoms with Gasteiger partial charge in [0.15, 0.2) is 12.0 Å². The van der Waals surface area contributed by atoms with E-state index in [1.54, 1.807) is 0 Å². The molecule has 0 N–H and O–H groups in total. The first-order valence-electron chi connectivity index (χ1n) is 4.90. The van der Waals surface area contributed by atoms with E-state index >= 15 is 0 Å². The van der Waals surface area contributed by atoms with Crippen LogP contribution in [-0.4, -0.2) is 29.8 Å². The molecular formula is C9H3BrF4N2O4S. The minimum Gasteiger partial charge on any atom is -0.374 e. The van der Waals surface area contributed by atoms with Crippen LogP contribution in [0, 0.1) is 5.95 Å². The van der Waals surface area contributed by atoms with Crippen LogP contribution in [0.1, 0.15) is 10.4 Å². The molecule has 0 fully saturated rings. The maximum Gasteiger partial charge on any atom is 0.534 e. The van der Waals surface area contributed by atoms with Crippen LogP contribution in [0.3, 0.4) is 0 Å². The summed E-state index contributed by atoms with van der Waals surface area (Å²) in [7, 11) is -5.98. The van der Waals surface area contributed by atoms with Gasteiger partial charge in [0.1, 0.15) is 11.1 Å². The van der Waals surface area contributed by atoms with Gasteiger partial charge in [-0.1, -0.05) is 0 Å². The van der Waals surface area contributed by atoms with Crippen LogP contribution in [0.5, 0.6) is 5.75 Å². The normalized spacial score (nSPS) is 12.6. The van der Waals surface area contributed by atoms with E-state index in [2.05, 4.69) is 25.2 Å². The van der Waals surface area contributed by atoms with Crippen molar-refractivity contribution >= 4 is 37.9 Å². The molecule has 12 heteroatoms. The zero-order valence-corrected chi connectivity index (χ0v) is 12.0. The predicted octanol–water partition coefficient (Wildman–Crippen LogP) is 2.28. The number of carbonyl (C=O) groups excluding carboxylic acids is 1. The number of halogens is 5. The third-order valence-corrected chi connectivity index (χ3v) is 3.65. The first-order valence-corrected chi connectivity index (χ1v) is 7.10. The molecule has 0 spiro atoms. The minimum absolute atomic E-state index is 0.0152. The molecule has 0 aliphatic carbocycles. The van der Waals surface area contributed by atoms with E-state index in [0.717, 1.165) is 12.3 Å². The largest absolute Gasteiger partial charge is 0.534 e. The third kappa shape index (κ3) is 2.72. The van der Waals surface area contributed by atoms with Gasteiger partial charge in [-0.3, -0.25) is 4.79 Å². The molecule has 2 rings (SSSR count). The van der Waals surface area contributed by atoms with Crippen molar-refractivity contribution in [1.82, 2.24) is 9.61 Å². The van der Waals surface area contributed by atoms with Crippen LogP contribution in [0.25, 0.3) is 5.52 Å². The van der Waals surface area contributed by atoms with Gasteiger partial charge in [0.2, 0.25) is 5.95 Å². The number of hydrogen-bond donors (Lipinski definition) is 0. The third-order valence-electron chi connectivity index (χ3n) is 2.25. The van der Waals surface area contributed by atoms with Crippen LogP contribution in [0.2, 0.25) is 0 Å². The van der Waals surface area contributed by atoms with Crippen LogP contribution >= 0.6 is 15.9 Å². The maximum absolute atomic E-state index is 13.4. The number of hydrogen-bond acceptors (Lipinski definition) is 5. The highest BCUT2D eigenvalue weighted by Gasteiger charge is 2.49. The van der Waals surface area contributed by atoms with Crippen molar-refractivity contribution in [1.29, 1.82) is 0 Å². The Balaban J connectivity index is 2.72. The molecule has 6 nitrogen and oxygen atoms in total. The van der Waals surface area contributed by atoms with E-state index in [1.165, 1.54) is 0 Å². The lowest BCUT2D eigenvalue weighted by molar-refractivity contribution is -0.0499. The molecule has 21 heavy (non-hydrogen) atoms. The molecule has 114 valence electrons. The van der Waals surface area contributed by atoms with Gasteiger partial charge in [0.05, 0.1) is 0 Å². The van der Waals surface area contributed by atoms with Crippen molar-refractivity contribution in [2.45, 2.75) is 5.51 Å². The Morgan fingerprint density at radius 1 is 1.38 bits per heavy atom. The Hall–Kier alpha value is -1.69. The maximum atomic E-state index is 13.4. The summed E-state index contributed by atoms with van der Waals surface area (Å²) in [6, 6.07) is 0.840. The summed E-state index contributed by atoms with van der Waals surface area (Å²) in [5.74, 6) is -2.17. The van der Waals surface area contributed by atoms with Crippen LogP contribution in [0.4, 0.5) is 17.6 Å². The average Bonchev–Trinajstić information content (AvgIpc) is 2.62. The van der Waals surface area contributed by atoms with Gasteiger partial charge >= 0.3 is 15.6 Å². The number of nitrogens with zero attached hydrogens (tertiary/aromatic N) is 2. The number of carbonyl (C=O) groups is 1. The highest BCUT2D eigenvalue weighted by Crippen LogP contribution is 2.33. The van der Waals surface area contributed by atoms with Crippen LogP contribution in [-0.2, 0) is 10.1 Å². The molecule has 0 amide bonds. The molecule has 2 aromatic rings. The highest BCUT2D eigenvalue weighted by atomic mass is 79.9. The Bertz CT molecular complexity index is 830. The van der Waals surface area contributed by atoms with E-state index in [1.807, 2.05) is 0 Å². The van der Waals surface area contributed by atoms with Crippen molar-refractivity contribution in [3.05, 3.63) is 28.2 Å². The summed E-state index contributed by atoms with van der Waals surface area (Å²) in [4.78, 5) is 10.8. The quantitative estimate of drug-likeness (QED) is 0.347. The number of pyridine rings is 1. The number of aldehydes is 1. The minimum atomic E-state index is -5.98. The monoisotopic (exact) mass is 390 g/mol. The number of fused-ring (bicyclic) bond motifs is 1. The van der Waals surface area contributed by atoms with E-state index in [-0.39, 0.29) is 10.8 Å². The molecule has 0 aromatic carbocycles. The standard InChI is InChI=1S/C9H3BrF4N2O4S/c10-4-1-6(20-21(18,19)9(12,13)14)7-5(3-17)8(11)15-16(7)2-4/h1-3H. The summed E-state index contributed by atoms with van der Waals surface area (Å²) < 4.78 is 77.0. The fourth-order valence-corrected chi connectivity index (χ4v) is 2.30. The zero-order valence-electron chi connectivity index (χ0n) is 9.56. The second-order valence-corrected chi connectivity index (χ2v) is 6.07. The lowest BCUT2D eigenvalue weighted by Gasteiger charge is -2.11. The topological polar surface area (TPSA) is 77.7 Å². The molecule has 0 saturated heterocycles. The molecule has 0 saturated carbocycles. The summed E-state index contributed by atoms with van der Waals surface area (Å²) in [5, 5.41) is 3.23. The molecular weight excluding hydrogens is 388 g/mol. The van der Waals surface area contributed by atoms with Gasteiger partial charge in [0.25, 0.3) is 0 Å². The van der Waals surface area contributed by atoms with Gasteiger partial charge in [-0.05, 0) is 22.0 Å². The van der Waals surface area contributed by atoms with Gasteiger partial charge < -0.3 is 4.18 Å². The van der Waals surface area contributed by atoms with E-state index in [0.29, 0.717) is 4.52 Å². The smallest absolute Gasteiger partial charge is 0.374 e. The summed E-state index contributed by atoms with van der Waals surface area (Å²) >= 11 is 2.87. The zero-order chi connectivity index (χ0) is 16.0. The molecule has 0 bridgehead atoms. The number of aromatic nitrogens is 2. The predicted molar refractivity (Wildman–Crippen MR) is 63.8 cm³/mol. The highest BCUT2D eigenvalue weighted by molar-refractivity contribution is 9.10. The molecule has 2 aromatic heterocycles. The lowest BCUT2D eigenvalue weighted by atomic mass is 10.2. The SMILES string of the molecule is O=Cc1c(F)nn2cc(Br)cc(OS(=O)(=O)C(F)(F)F)c12. The second kappa shape index (κ2) is 4.94. The number of rotatable bonds is 3. The summed E-state index contributed by atoms with van der Waals surface area (Å²) in [6.07, 6.45) is 1.09. The van der Waals surface area contributed by atoms with Gasteiger partial charge in [0, 0.05) is 10.7 Å². The molecule has 0 aliphatic heterocycles. The Labute approximate surface area is 122 Å². The van der Waals surface area contributed by atoms with E-state index in [4.69, 9.17) is 0 Å². The van der Waals surface area contributed by atoms with Gasteiger partial charge in [-0.15, -0.1) is 5.10 Å². The molecule has 0 aliphatic rings. The lowest BCUT2D eigenvalue weighted by Crippen LogP contribution is -2.28. The van der Waals surface area contributed by atoms with Crippen molar-refractivity contribution in [3.63, 3.8) is 0 Å². The molecule has 0 radical (unpaired) electrons. The summed E-state index contributed by atoms with van der Waals surface area (Å²) in [5.41, 5.74) is -6.94. The Kier molecular flexibility index (Phi) is 3.70. The second-order valence-electron chi connectivity index (χ2n) is 3.62. The van der Waals surface area contributed by atoms with E-state index in [9.17, 15) is 30.8 Å². The van der Waals surface area contributed by atoms with Crippen molar-refractivity contribution in [3.8, 4) is 5.75 Å². The fourth-order valence-electron chi connectivity index (χ4n) is 1.44. The number of alkyl halides is 3. The summed E-state index contributed by atoms with van der Waals surface area (Å²) in [6.45, 7) is 0. The Morgan fingerprint density at radius 3 is 2.52 bits per heavy atom. The average molecular weight is 391 g/mol. The van der Waals surface area contributed by atoms with Crippen molar-refractivity contribution in [2.75, 3.05) is 0 Å². The molecule has 0 atom stereocenters. The Morgan fingerprint density at radius 2 is 2.00 bits per heavy atom. The molecule has 0 unspecified atom stereocenters. The first-order chi connectivity index (χ1) is 9.56. The fraction of sp³-hybridized carbons (Fsp3) is 0.111. The first kappa shape index (κ1) is 15.7. The van der Waals surface area contributed by atoms with Crippen molar-refractivity contribution in [2.24, 2.45) is 0 Å². The van der Waals surface area contributed by atoms with Crippen molar-refractivity contribution < 1.29 is 35.0 Å². The van der Waals surface area contributed by atoms with E-state index < -0.39 is 38.4 Å². The van der Waals surface area contributed by atoms with Gasteiger partial charge in [-0.25, -0.2) is 4.52 Å².